The van der Waals surface area contributed by atoms with Crippen molar-refractivity contribution in [3.8, 4) is 0 Å². The Balaban J connectivity index is 2.03. The molecular weight excluding hydrogens is 354 g/mol. The molecule has 3 nitrogen and oxygen atoms in total. The number of aryl methyl sites for hydroxylation is 2. The summed E-state index contributed by atoms with van der Waals surface area (Å²) in [4.78, 5) is 4.85. The number of anilines is 2. The first-order valence-electron chi connectivity index (χ1n) is 10.0. The summed E-state index contributed by atoms with van der Waals surface area (Å²) >= 11 is 0. The van der Waals surface area contributed by atoms with Crippen molar-refractivity contribution < 1.29 is 0 Å². The van der Waals surface area contributed by atoms with Gasteiger partial charge in [-0.1, -0.05) is 30.3 Å². The Labute approximate surface area is 173 Å². The molecule has 1 heterocycles. The van der Waals surface area contributed by atoms with E-state index in [1.54, 1.807) is 0 Å². The van der Waals surface area contributed by atoms with E-state index < -0.39 is 0 Å². The molecule has 29 heavy (non-hydrogen) atoms. The number of hydrogen-bond acceptors (Lipinski definition) is 3. The second-order valence-electron chi connectivity index (χ2n) is 7.52. The monoisotopic (exact) mass is 381 g/mol. The Kier molecular flexibility index (Phi) is 4.98. The summed E-state index contributed by atoms with van der Waals surface area (Å²) in [6, 6.07) is 21.7. The molecule has 4 rings (SSSR count). The van der Waals surface area contributed by atoms with E-state index in [-0.39, 0.29) is 0 Å². The van der Waals surface area contributed by atoms with Crippen LogP contribution in [0.2, 0.25) is 0 Å². The number of fused-ring (bicyclic) bond motifs is 1. The maximum atomic E-state index is 4.85. The molecule has 2 N–H and O–H groups in total. The fourth-order valence-corrected chi connectivity index (χ4v) is 4.18. The smallest absolute Gasteiger partial charge is 0.0712 e. The van der Waals surface area contributed by atoms with Crippen LogP contribution in [-0.2, 0) is 0 Å². The first kappa shape index (κ1) is 19.0. The van der Waals surface area contributed by atoms with Crippen molar-refractivity contribution in [1.29, 1.82) is 0 Å². The maximum Gasteiger partial charge on any atom is 0.0712 e. The van der Waals surface area contributed by atoms with Crippen LogP contribution in [0.5, 0.6) is 0 Å². The predicted octanol–water partition coefficient (Wildman–Crippen LogP) is 6.45. The molecule has 0 aromatic heterocycles. The highest BCUT2D eigenvalue weighted by Crippen LogP contribution is 2.42. The Morgan fingerprint density at radius 1 is 0.724 bits per heavy atom. The van der Waals surface area contributed by atoms with E-state index >= 15 is 0 Å². The van der Waals surface area contributed by atoms with E-state index in [1.807, 2.05) is 14.1 Å². The zero-order valence-corrected chi connectivity index (χ0v) is 17.7. The lowest BCUT2D eigenvalue weighted by molar-refractivity contribution is 1.37. The van der Waals surface area contributed by atoms with Gasteiger partial charge in [-0.25, -0.2) is 0 Å². The van der Waals surface area contributed by atoms with Gasteiger partial charge in [-0.15, -0.1) is 0 Å². The van der Waals surface area contributed by atoms with Crippen molar-refractivity contribution in [2.45, 2.75) is 20.8 Å². The molecule has 0 bridgehead atoms. The molecule has 0 saturated heterocycles. The Bertz CT molecular complexity index is 1100. The SMILES string of the molecule is CNc1ccc(C(=C2C(C)=Nc3ccccc32)c2ccc(NC)c(C)c2)cc1C. The first-order chi connectivity index (χ1) is 14.0. The number of nitrogens with zero attached hydrogens (tertiary/aromatic N) is 1. The van der Waals surface area contributed by atoms with Crippen LogP contribution < -0.4 is 10.6 Å². The van der Waals surface area contributed by atoms with E-state index in [4.69, 9.17) is 4.99 Å². The molecule has 3 aromatic rings. The lowest BCUT2D eigenvalue weighted by Crippen LogP contribution is -2.01. The Hall–Kier alpha value is -3.33. The van der Waals surface area contributed by atoms with E-state index in [0.29, 0.717) is 0 Å². The summed E-state index contributed by atoms with van der Waals surface area (Å²) in [5.74, 6) is 0. The number of nitrogens with one attached hydrogen (secondary N) is 2. The zero-order chi connectivity index (χ0) is 20.5. The van der Waals surface area contributed by atoms with Crippen LogP contribution in [0.4, 0.5) is 17.1 Å². The van der Waals surface area contributed by atoms with Gasteiger partial charge in [-0.3, -0.25) is 4.99 Å². The molecule has 3 aromatic carbocycles. The highest BCUT2D eigenvalue weighted by atomic mass is 14.8. The first-order valence-corrected chi connectivity index (χ1v) is 10.0. The van der Waals surface area contributed by atoms with E-state index in [9.17, 15) is 0 Å². The fraction of sp³-hybridized carbons (Fsp3) is 0.192. The van der Waals surface area contributed by atoms with Crippen LogP contribution in [0.3, 0.4) is 0 Å². The van der Waals surface area contributed by atoms with E-state index in [1.165, 1.54) is 39.0 Å². The van der Waals surface area contributed by atoms with Gasteiger partial charge in [0.25, 0.3) is 0 Å². The molecular formula is C26H27N3. The van der Waals surface area contributed by atoms with Gasteiger partial charge in [-0.2, -0.15) is 0 Å². The Morgan fingerprint density at radius 2 is 1.28 bits per heavy atom. The second-order valence-corrected chi connectivity index (χ2v) is 7.52. The number of benzene rings is 3. The van der Waals surface area contributed by atoms with Gasteiger partial charge >= 0.3 is 0 Å². The molecule has 0 spiro atoms. The Morgan fingerprint density at radius 3 is 1.79 bits per heavy atom. The van der Waals surface area contributed by atoms with E-state index in [2.05, 4.69) is 92.1 Å². The summed E-state index contributed by atoms with van der Waals surface area (Å²) in [5.41, 5.74) is 12.9. The lowest BCUT2D eigenvalue weighted by atomic mass is 9.87. The van der Waals surface area contributed by atoms with Gasteiger partial charge in [-0.05, 0) is 78.9 Å². The molecule has 0 fully saturated rings. The normalized spacial score (nSPS) is 12.4. The minimum absolute atomic E-state index is 1.05. The predicted molar refractivity (Wildman–Crippen MR) is 127 cm³/mol. The molecule has 1 aliphatic rings. The van der Waals surface area contributed by atoms with Crippen LogP contribution in [-0.4, -0.2) is 19.8 Å². The molecule has 0 amide bonds. The number of rotatable bonds is 4. The van der Waals surface area contributed by atoms with Gasteiger partial charge in [0.05, 0.1) is 5.69 Å². The van der Waals surface area contributed by atoms with Gasteiger partial charge in [0.1, 0.15) is 0 Å². The van der Waals surface area contributed by atoms with Crippen LogP contribution in [0.25, 0.3) is 11.1 Å². The molecule has 3 heteroatoms. The van der Waals surface area contributed by atoms with Gasteiger partial charge < -0.3 is 10.6 Å². The standard InChI is InChI=1S/C26H27N3/c1-16-14-19(10-12-22(16)27-4)26(20-11-13-23(28-5)17(2)15-20)25-18(3)29-24-9-7-6-8-21(24)25/h6-15,27-28H,1-5H3. The minimum Gasteiger partial charge on any atom is -0.388 e. The van der Waals surface area contributed by atoms with Crippen molar-refractivity contribution in [1.82, 2.24) is 0 Å². The second kappa shape index (κ2) is 7.59. The van der Waals surface area contributed by atoms with Crippen LogP contribution >= 0.6 is 0 Å². The topological polar surface area (TPSA) is 36.4 Å². The van der Waals surface area contributed by atoms with Crippen LogP contribution in [0.1, 0.15) is 34.7 Å². The molecule has 0 atom stereocenters. The van der Waals surface area contributed by atoms with Gasteiger partial charge in [0, 0.05) is 42.3 Å². The van der Waals surface area contributed by atoms with Crippen molar-refractivity contribution in [3.63, 3.8) is 0 Å². The third-order valence-electron chi connectivity index (χ3n) is 5.64. The molecule has 0 aliphatic carbocycles. The van der Waals surface area contributed by atoms with Crippen LogP contribution in [0, 0.1) is 13.8 Å². The quantitative estimate of drug-likeness (QED) is 0.545. The summed E-state index contributed by atoms with van der Waals surface area (Å²) in [6.07, 6.45) is 0. The van der Waals surface area contributed by atoms with Crippen molar-refractivity contribution in [2.75, 3.05) is 24.7 Å². The highest BCUT2D eigenvalue weighted by Gasteiger charge is 2.23. The van der Waals surface area contributed by atoms with Crippen LogP contribution in [0.15, 0.2) is 65.7 Å². The van der Waals surface area contributed by atoms with Crippen molar-refractivity contribution >= 4 is 33.9 Å². The largest absolute Gasteiger partial charge is 0.388 e. The average Bonchev–Trinajstić information content (AvgIpc) is 3.04. The zero-order valence-electron chi connectivity index (χ0n) is 17.7. The third-order valence-corrected chi connectivity index (χ3v) is 5.64. The molecule has 1 aliphatic heterocycles. The molecule has 0 radical (unpaired) electrons. The molecule has 146 valence electrons. The lowest BCUT2D eigenvalue weighted by Gasteiger charge is -2.17. The fourth-order valence-electron chi connectivity index (χ4n) is 4.18. The number of hydrogen-bond donors (Lipinski definition) is 2. The summed E-state index contributed by atoms with van der Waals surface area (Å²) < 4.78 is 0. The van der Waals surface area contributed by atoms with E-state index in [0.717, 1.165) is 22.8 Å². The molecule has 0 unspecified atom stereocenters. The number of aliphatic imine (C=N–C) groups is 1. The van der Waals surface area contributed by atoms with Crippen molar-refractivity contribution in [3.05, 3.63) is 88.5 Å². The minimum atomic E-state index is 1.05. The third kappa shape index (κ3) is 3.33. The van der Waals surface area contributed by atoms with Gasteiger partial charge in [0.2, 0.25) is 0 Å². The maximum absolute atomic E-state index is 4.85. The number of para-hydroxylation sites is 1. The molecule has 0 saturated carbocycles. The number of allylic oxidation sites excluding steroid dienone is 1. The highest BCUT2D eigenvalue weighted by molar-refractivity contribution is 6.35. The summed E-state index contributed by atoms with van der Waals surface area (Å²) in [7, 11) is 3.93. The van der Waals surface area contributed by atoms with Gasteiger partial charge in [0.15, 0.2) is 0 Å². The average molecular weight is 382 g/mol. The summed E-state index contributed by atoms with van der Waals surface area (Å²) in [6.45, 7) is 6.41. The summed E-state index contributed by atoms with van der Waals surface area (Å²) in [5, 5.41) is 6.54. The van der Waals surface area contributed by atoms with Crippen molar-refractivity contribution in [2.24, 2.45) is 4.99 Å².